The molecule has 3 aromatic carbocycles. The molecule has 3 aromatic rings. The van der Waals surface area contributed by atoms with Gasteiger partial charge >= 0.3 is 0 Å². The Hall–Kier alpha value is -3.46. The zero-order valence-corrected chi connectivity index (χ0v) is 16.2. The van der Waals surface area contributed by atoms with Gasteiger partial charge in [-0.1, -0.05) is 18.2 Å². The van der Waals surface area contributed by atoms with Crippen molar-refractivity contribution in [1.82, 2.24) is 0 Å². The molecular formula is C16H11N3O9S2. The van der Waals surface area contributed by atoms with Crippen LogP contribution in [0.15, 0.2) is 68.6 Å². The number of phenols is 1. The first kappa shape index (κ1) is 21.3. The molecule has 0 unspecified atom stereocenters. The average molecular weight is 453 g/mol. The fraction of sp³-hybridized carbons (Fsp3) is 0. The Labute approximate surface area is 168 Å². The summed E-state index contributed by atoms with van der Waals surface area (Å²) in [4.78, 5) is 8.79. The highest BCUT2D eigenvalue weighted by atomic mass is 32.2. The lowest BCUT2D eigenvalue weighted by molar-refractivity contribution is -0.384. The van der Waals surface area contributed by atoms with Crippen molar-refractivity contribution in [3.05, 3.63) is 58.6 Å². The summed E-state index contributed by atoms with van der Waals surface area (Å²) in [5.74, 6) is -1.01. The predicted octanol–water partition coefficient (Wildman–Crippen LogP) is 3.36. The Kier molecular flexibility index (Phi) is 5.25. The summed E-state index contributed by atoms with van der Waals surface area (Å²) < 4.78 is 64.5. The van der Waals surface area contributed by atoms with E-state index in [-0.39, 0.29) is 16.5 Å². The monoisotopic (exact) mass is 453 g/mol. The number of hydrogen-bond donors (Lipinski definition) is 3. The van der Waals surface area contributed by atoms with Crippen LogP contribution in [-0.4, -0.2) is 36.0 Å². The molecule has 12 nitrogen and oxygen atoms in total. The second-order valence-corrected chi connectivity index (χ2v) is 8.66. The van der Waals surface area contributed by atoms with Crippen molar-refractivity contribution in [2.24, 2.45) is 10.2 Å². The molecule has 0 aliphatic heterocycles. The molecule has 0 saturated heterocycles. The van der Waals surface area contributed by atoms with Crippen LogP contribution in [0.4, 0.5) is 17.1 Å². The highest BCUT2D eigenvalue weighted by molar-refractivity contribution is 7.86. The van der Waals surface area contributed by atoms with Crippen LogP contribution in [0.25, 0.3) is 10.8 Å². The van der Waals surface area contributed by atoms with Crippen molar-refractivity contribution in [2.75, 3.05) is 0 Å². The first-order chi connectivity index (χ1) is 13.9. The second kappa shape index (κ2) is 7.42. The molecule has 0 amide bonds. The minimum absolute atomic E-state index is 0.00497. The van der Waals surface area contributed by atoms with Crippen molar-refractivity contribution in [3.63, 3.8) is 0 Å². The Balaban J connectivity index is 2.33. The van der Waals surface area contributed by atoms with Gasteiger partial charge in [0.15, 0.2) is 11.4 Å². The normalized spacial score (nSPS) is 12.5. The van der Waals surface area contributed by atoms with Gasteiger partial charge in [-0.05, 0) is 29.7 Å². The van der Waals surface area contributed by atoms with Gasteiger partial charge in [-0.2, -0.15) is 16.8 Å². The third-order valence-corrected chi connectivity index (χ3v) is 5.65. The van der Waals surface area contributed by atoms with E-state index in [1.54, 1.807) is 0 Å². The largest absolute Gasteiger partial charge is 0.504 e. The number of benzene rings is 3. The Morgan fingerprint density at radius 3 is 2.17 bits per heavy atom. The van der Waals surface area contributed by atoms with E-state index in [2.05, 4.69) is 10.2 Å². The molecule has 0 aliphatic carbocycles. The molecule has 0 atom stereocenters. The maximum absolute atomic E-state index is 11.6. The summed E-state index contributed by atoms with van der Waals surface area (Å²) in [6, 6.07) is 8.98. The molecule has 14 heteroatoms. The molecule has 0 heterocycles. The summed E-state index contributed by atoms with van der Waals surface area (Å²) in [5.41, 5.74) is -1.12. The fourth-order valence-corrected chi connectivity index (χ4v) is 3.73. The maximum Gasteiger partial charge on any atom is 0.298 e. The van der Waals surface area contributed by atoms with Gasteiger partial charge in [0, 0.05) is 11.5 Å². The van der Waals surface area contributed by atoms with E-state index < -0.39 is 52.1 Å². The molecule has 0 aromatic heterocycles. The van der Waals surface area contributed by atoms with Gasteiger partial charge in [-0.3, -0.25) is 19.2 Å². The number of para-hydroxylation sites is 1. The van der Waals surface area contributed by atoms with Crippen molar-refractivity contribution in [3.8, 4) is 5.75 Å². The molecule has 3 N–H and O–H groups in total. The molecule has 0 bridgehead atoms. The number of azo groups is 1. The molecular weight excluding hydrogens is 442 g/mol. The lowest BCUT2D eigenvalue weighted by Crippen LogP contribution is -2.00. The number of hydrogen-bond acceptors (Lipinski definition) is 9. The fourth-order valence-electron chi connectivity index (χ4n) is 2.60. The number of nitro benzene ring substituents is 1. The predicted molar refractivity (Wildman–Crippen MR) is 103 cm³/mol. The molecule has 0 fully saturated rings. The molecule has 0 radical (unpaired) electrons. The Morgan fingerprint density at radius 1 is 0.900 bits per heavy atom. The second-order valence-electron chi connectivity index (χ2n) is 5.85. The summed E-state index contributed by atoms with van der Waals surface area (Å²) in [7, 11) is -9.61. The van der Waals surface area contributed by atoms with Crippen LogP contribution in [0.3, 0.4) is 0 Å². The highest BCUT2D eigenvalue weighted by Gasteiger charge is 2.23. The average Bonchev–Trinajstić information content (AvgIpc) is 2.65. The summed E-state index contributed by atoms with van der Waals surface area (Å²) in [5, 5.41) is 28.6. The molecule has 30 heavy (non-hydrogen) atoms. The lowest BCUT2D eigenvalue weighted by Gasteiger charge is -2.09. The Bertz CT molecular complexity index is 1430. The smallest absolute Gasteiger partial charge is 0.298 e. The minimum Gasteiger partial charge on any atom is -0.504 e. The third-order valence-electron chi connectivity index (χ3n) is 3.93. The number of nitrogens with zero attached hydrogens (tertiary/aromatic N) is 3. The van der Waals surface area contributed by atoms with E-state index in [1.807, 2.05) is 0 Å². The van der Waals surface area contributed by atoms with Crippen molar-refractivity contribution in [1.29, 1.82) is 0 Å². The van der Waals surface area contributed by atoms with Crippen LogP contribution in [0, 0.1) is 10.1 Å². The van der Waals surface area contributed by atoms with Gasteiger partial charge in [-0.15, -0.1) is 10.2 Å². The molecule has 0 saturated carbocycles. The molecule has 156 valence electrons. The number of fused-ring (bicyclic) bond motifs is 1. The third kappa shape index (κ3) is 4.11. The summed E-state index contributed by atoms with van der Waals surface area (Å²) in [6.07, 6.45) is 0. The van der Waals surface area contributed by atoms with Gasteiger partial charge in [-0.25, -0.2) is 0 Å². The first-order valence-electron chi connectivity index (χ1n) is 7.79. The lowest BCUT2D eigenvalue weighted by atomic mass is 10.1. The standard InChI is InChI=1S/C16H11N3O9S2/c20-16-14(30(26,27)28)8-9-7-10(29(23,24)25)5-6-11(9)15(16)18-17-12-3-1-2-4-13(12)19(21)22/h1-8,20H,(H,23,24,25)(H,26,27,28). The van der Waals surface area contributed by atoms with E-state index in [0.717, 1.165) is 30.3 Å². The zero-order valence-electron chi connectivity index (χ0n) is 14.6. The molecule has 3 rings (SSSR count). The van der Waals surface area contributed by atoms with E-state index >= 15 is 0 Å². The number of aromatic hydroxyl groups is 1. The topological polar surface area (TPSA) is 197 Å². The van der Waals surface area contributed by atoms with Gasteiger partial charge in [0.05, 0.1) is 9.82 Å². The summed E-state index contributed by atoms with van der Waals surface area (Å²) in [6.45, 7) is 0. The number of phenolic OH excluding ortho intramolecular Hbond substituents is 1. The van der Waals surface area contributed by atoms with Gasteiger partial charge < -0.3 is 5.11 Å². The van der Waals surface area contributed by atoms with E-state index in [4.69, 9.17) is 0 Å². The number of rotatable bonds is 5. The zero-order chi connectivity index (χ0) is 22.3. The van der Waals surface area contributed by atoms with Gasteiger partial charge in [0.2, 0.25) is 0 Å². The van der Waals surface area contributed by atoms with Crippen LogP contribution in [0.5, 0.6) is 5.75 Å². The molecule has 0 spiro atoms. The van der Waals surface area contributed by atoms with E-state index in [1.165, 1.54) is 18.2 Å². The van der Waals surface area contributed by atoms with Crippen LogP contribution < -0.4 is 0 Å². The SMILES string of the molecule is O=[N+]([O-])c1ccccc1N=Nc1c(O)c(S(=O)(=O)O)cc2cc(S(=O)(=O)O)ccc12. The van der Waals surface area contributed by atoms with Crippen LogP contribution in [0.1, 0.15) is 0 Å². The van der Waals surface area contributed by atoms with Crippen molar-refractivity contribution < 1.29 is 36.0 Å². The van der Waals surface area contributed by atoms with E-state index in [9.17, 15) is 41.2 Å². The minimum atomic E-state index is -4.97. The Morgan fingerprint density at radius 2 is 1.57 bits per heavy atom. The maximum atomic E-state index is 11.6. The van der Waals surface area contributed by atoms with Crippen LogP contribution in [0.2, 0.25) is 0 Å². The van der Waals surface area contributed by atoms with Gasteiger partial charge in [0.25, 0.3) is 25.9 Å². The van der Waals surface area contributed by atoms with Crippen molar-refractivity contribution >= 4 is 48.1 Å². The number of nitro groups is 1. The van der Waals surface area contributed by atoms with Crippen LogP contribution in [-0.2, 0) is 20.2 Å². The van der Waals surface area contributed by atoms with Crippen molar-refractivity contribution in [2.45, 2.75) is 9.79 Å². The first-order valence-corrected chi connectivity index (χ1v) is 10.7. The molecule has 0 aliphatic rings. The van der Waals surface area contributed by atoms with Crippen LogP contribution >= 0.6 is 0 Å². The van der Waals surface area contributed by atoms with E-state index in [0.29, 0.717) is 0 Å². The summed E-state index contributed by atoms with van der Waals surface area (Å²) >= 11 is 0. The van der Waals surface area contributed by atoms with Gasteiger partial charge in [0.1, 0.15) is 10.6 Å². The highest BCUT2D eigenvalue weighted by Crippen LogP contribution is 2.42. The quantitative estimate of drug-likeness (QED) is 0.224.